The molecule has 19 heavy (non-hydrogen) atoms. The monoisotopic (exact) mass is 282 g/mol. The summed E-state index contributed by atoms with van der Waals surface area (Å²) in [5.41, 5.74) is 1.40. The van der Waals surface area contributed by atoms with Crippen LogP contribution in [0.15, 0.2) is 6.33 Å². The van der Waals surface area contributed by atoms with Gasteiger partial charge in [0.2, 0.25) is 5.95 Å². The number of aromatic nitrogens is 4. The lowest BCUT2D eigenvalue weighted by atomic mass is 10.3. The third-order valence-corrected chi connectivity index (χ3v) is 4.29. The smallest absolute Gasteiger partial charge is 0.226 e. The Morgan fingerprint density at radius 1 is 1.47 bits per heavy atom. The van der Waals surface area contributed by atoms with Crippen LogP contribution in [0.25, 0.3) is 11.2 Å². The van der Waals surface area contributed by atoms with E-state index in [-0.39, 0.29) is 5.25 Å². The first-order valence-corrected chi connectivity index (χ1v) is 7.69. The van der Waals surface area contributed by atoms with Gasteiger partial charge in [0.05, 0.1) is 6.33 Å². The van der Waals surface area contributed by atoms with Crippen molar-refractivity contribution < 1.29 is 4.21 Å². The number of hydrogen-bond donors (Lipinski definition) is 3. The minimum atomic E-state index is -0.799. The van der Waals surface area contributed by atoms with E-state index in [1.807, 2.05) is 6.92 Å². The molecule has 7 nitrogen and oxygen atoms in total. The van der Waals surface area contributed by atoms with Gasteiger partial charge >= 0.3 is 0 Å². The highest BCUT2D eigenvalue weighted by Crippen LogP contribution is 2.18. The van der Waals surface area contributed by atoms with Gasteiger partial charge in [-0.1, -0.05) is 6.92 Å². The average molecular weight is 282 g/mol. The molecule has 2 rings (SSSR count). The van der Waals surface area contributed by atoms with E-state index in [2.05, 4.69) is 30.6 Å². The van der Waals surface area contributed by atoms with Crippen LogP contribution in [0.5, 0.6) is 0 Å². The van der Waals surface area contributed by atoms with Gasteiger partial charge in [0, 0.05) is 35.9 Å². The maximum absolute atomic E-state index is 11.3. The van der Waals surface area contributed by atoms with Gasteiger partial charge in [-0.2, -0.15) is 9.97 Å². The summed E-state index contributed by atoms with van der Waals surface area (Å²) in [5.74, 6) is 1.23. The summed E-state index contributed by atoms with van der Waals surface area (Å²) in [6.07, 6.45) is 4.13. The van der Waals surface area contributed by atoms with Crippen molar-refractivity contribution >= 4 is 33.7 Å². The van der Waals surface area contributed by atoms with Crippen LogP contribution in [0.4, 0.5) is 11.8 Å². The van der Waals surface area contributed by atoms with Crippen LogP contribution in [-0.2, 0) is 10.8 Å². The second-order valence-electron chi connectivity index (χ2n) is 4.27. The molecule has 0 aliphatic rings. The molecular weight excluding hydrogens is 264 g/mol. The van der Waals surface area contributed by atoms with E-state index < -0.39 is 10.8 Å². The van der Waals surface area contributed by atoms with E-state index in [1.165, 1.54) is 0 Å². The fraction of sp³-hybridized carbons (Fsp3) is 0.545. The first-order valence-electron chi connectivity index (χ1n) is 6.06. The molecule has 2 atom stereocenters. The number of H-pyrrole nitrogens is 1. The fourth-order valence-corrected chi connectivity index (χ4v) is 2.08. The van der Waals surface area contributed by atoms with Crippen LogP contribution < -0.4 is 10.6 Å². The molecule has 2 heterocycles. The zero-order valence-corrected chi connectivity index (χ0v) is 12.0. The maximum Gasteiger partial charge on any atom is 0.226 e. The number of fused-ring (bicyclic) bond motifs is 1. The highest BCUT2D eigenvalue weighted by Gasteiger charge is 2.10. The first-order chi connectivity index (χ1) is 9.11. The van der Waals surface area contributed by atoms with Crippen molar-refractivity contribution in [3.05, 3.63) is 6.33 Å². The van der Waals surface area contributed by atoms with Gasteiger partial charge in [-0.25, -0.2) is 4.98 Å². The summed E-state index contributed by atoms with van der Waals surface area (Å²) >= 11 is 0. The largest absolute Gasteiger partial charge is 0.368 e. The minimum Gasteiger partial charge on any atom is -0.368 e. The van der Waals surface area contributed by atoms with Crippen molar-refractivity contribution in [1.82, 2.24) is 19.9 Å². The van der Waals surface area contributed by atoms with Gasteiger partial charge < -0.3 is 15.6 Å². The molecule has 0 aliphatic carbocycles. The highest BCUT2D eigenvalue weighted by molar-refractivity contribution is 7.84. The van der Waals surface area contributed by atoms with E-state index >= 15 is 0 Å². The van der Waals surface area contributed by atoms with Crippen LogP contribution >= 0.6 is 0 Å². The molecule has 0 fully saturated rings. The van der Waals surface area contributed by atoms with Gasteiger partial charge in [0.1, 0.15) is 5.52 Å². The standard InChI is InChI=1S/C11H18N6OS/c1-7(19(3)18)4-5-13-9-8-10(15-6-14-8)17-11(12-2)16-9/h6-7H,4-5H2,1-3H3,(H3,12,13,14,15,16,17). The predicted molar refractivity (Wildman–Crippen MR) is 77.9 cm³/mol. The fourth-order valence-electron chi connectivity index (χ4n) is 1.63. The third kappa shape index (κ3) is 3.19. The molecule has 2 unspecified atom stereocenters. The lowest BCUT2D eigenvalue weighted by Gasteiger charge is -2.10. The number of nitrogens with one attached hydrogen (secondary N) is 3. The summed E-state index contributed by atoms with van der Waals surface area (Å²) in [6, 6.07) is 0. The lowest BCUT2D eigenvalue weighted by Crippen LogP contribution is -2.15. The van der Waals surface area contributed by atoms with E-state index in [4.69, 9.17) is 0 Å². The molecule has 2 aromatic heterocycles. The van der Waals surface area contributed by atoms with E-state index in [0.29, 0.717) is 24.0 Å². The number of hydrogen-bond acceptors (Lipinski definition) is 6. The topological polar surface area (TPSA) is 95.6 Å². The third-order valence-electron chi connectivity index (χ3n) is 2.92. The highest BCUT2D eigenvalue weighted by atomic mass is 32.2. The first kappa shape index (κ1) is 13.7. The molecular formula is C11H18N6OS. The van der Waals surface area contributed by atoms with Crippen LogP contribution in [0.3, 0.4) is 0 Å². The molecule has 0 saturated heterocycles. The van der Waals surface area contributed by atoms with Crippen LogP contribution in [0, 0.1) is 0 Å². The zero-order valence-electron chi connectivity index (χ0n) is 11.2. The lowest BCUT2D eigenvalue weighted by molar-refractivity contribution is 0.672. The van der Waals surface area contributed by atoms with Crippen LogP contribution in [-0.4, -0.2) is 49.2 Å². The van der Waals surface area contributed by atoms with Crippen LogP contribution in [0.1, 0.15) is 13.3 Å². The van der Waals surface area contributed by atoms with Crippen molar-refractivity contribution in [3.63, 3.8) is 0 Å². The Labute approximate surface area is 114 Å². The van der Waals surface area contributed by atoms with Crippen LogP contribution in [0.2, 0.25) is 0 Å². The van der Waals surface area contributed by atoms with Crippen molar-refractivity contribution in [2.24, 2.45) is 0 Å². The van der Waals surface area contributed by atoms with Gasteiger partial charge in [0.25, 0.3) is 0 Å². The normalized spacial score (nSPS) is 14.3. The molecule has 3 N–H and O–H groups in total. The van der Waals surface area contributed by atoms with Crippen molar-refractivity contribution in [1.29, 1.82) is 0 Å². The molecule has 0 aromatic carbocycles. The van der Waals surface area contributed by atoms with E-state index in [0.717, 1.165) is 11.9 Å². The molecule has 8 heteroatoms. The predicted octanol–water partition coefficient (Wildman–Crippen LogP) is 0.964. The van der Waals surface area contributed by atoms with Gasteiger partial charge in [-0.3, -0.25) is 4.21 Å². The molecule has 104 valence electrons. The Kier molecular flexibility index (Phi) is 4.31. The summed E-state index contributed by atoms with van der Waals surface area (Å²) in [7, 11) is 0.965. The Balaban J connectivity index is 2.11. The summed E-state index contributed by atoms with van der Waals surface area (Å²) in [5, 5.41) is 6.30. The average Bonchev–Trinajstić information content (AvgIpc) is 2.86. The Morgan fingerprint density at radius 2 is 2.26 bits per heavy atom. The van der Waals surface area contributed by atoms with E-state index in [1.54, 1.807) is 19.6 Å². The van der Waals surface area contributed by atoms with Crippen molar-refractivity contribution in [3.8, 4) is 0 Å². The Hall–Kier alpha value is -1.70. The summed E-state index contributed by atoms with van der Waals surface area (Å²) < 4.78 is 11.3. The number of aromatic amines is 1. The molecule has 0 aliphatic heterocycles. The van der Waals surface area contributed by atoms with E-state index in [9.17, 15) is 4.21 Å². The molecule has 0 bridgehead atoms. The van der Waals surface area contributed by atoms with Crippen molar-refractivity contribution in [2.75, 3.05) is 30.5 Å². The second kappa shape index (κ2) is 5.96. The molecule has 2 aromatic rings. The maximum atomic E-state index is 11.3. The van der Waals surface area contributed by atoms with Gasteiger partial charge in [-0.05, 0) is 6.42 Å². The number of rotatable bonds is 6. The zero-order chi connectivity index (χ0) is 13.8. The number of anilines is 2. The Morgan fingerprint density at radius 3 is 2.95 bits per heavy atom. The minimum absolute atomic E-state index is 0.162. The van der Waals surface area contributed by atoms with Gasteiger partial charge in [-0.15, -0.1) is 0 Å². The molecule has 0 radical (unpaired) electrons. The second-order valence-corrected chi connectivity index (χ2v) is 6.07. The molecule has 0 amide bonds. The van der Waals surface area contributed by atoms with Crippen molar-refractivity contribution in [2.45, 2.75) is 18.6 Å². The molecule has 0 spiro atoms. The molecule has 0 saturated carbocycles. The summed E-state index contributed by atoms with van der Waals surface area (Å²) in [6.45, 7) is 2.68. The quantitative estimate of drug-likeness (QED) is 0.730. The number of imidazole rings is 1. The summed E-state index contributed by atoms with van der Waals surface area (Å²) in [4.78, 5) is 15.7. The SMILES string of the molecule is CNc1nc(NCCC(C)S(C)=O)c2[nH]cnc2n1. The Bertz CT molecular complexity index is 584. The van der Waals surface area contributed by atoms with Gasteiger partial charge in [0.15, 0.2) is 11.5 Å². The number of nitrogens with zero attached hydrogens (tertiary/aromatic N) is 3.